The summed E-state index contributed by atoms with van der Waals surface area (Å²) in [5.74, 6) is 0. The van der Waals surface area contributed by atoms with E-state index in [-0.39, 0.29) is 0 Å². The number of nitrogens with zero attached hydrogens (tertiary/aromatic N) is 3. The summed E-state index contributed by atoms with van der Waals surface area (Å²) in [5, 5.41) is 3.26. The molecule has 68 valence electrons. The fourth-order valence-electron chi connectivity index (χ4n) is 1.22. The highest BCUT2D eigenvalue weighted by molar-refractivity contribution is 7.59. The van der Waals surface area contributed by atoms with Crippen LogP contribution in [0.4, 0.5) is 0 Å². The Bertz CT molecular complexity index is 152. The quantitative estimate of drug-likeness (QED) is 0.651. The van der Waals surface area contributed by atoms with Gasteiger partial charge in [0.1, 0.15) is 0 Å². The van der Waals surface area contributed by atoms with Gasteiger partial charge in [0.2, 0.25) is 0 Å². The van der Waals surface area contributed by atoms with Crippen molar-refractivity contribution in [2.45, 2.75) is 0 Å². The molecule has 0 aromatic rings. The molecule has 0 aliphatic rings. The maximum Gasteiger partial charge on any atom is 0.163 e. The van der Waals surface area contributed by atoms with Crippen molar-refractivity contribution in [3.05, 3.63) is 0 Å². The molecule has 0 aliphatic heterocycles. The molecular weight excluding hydrogens is 159 g/mol. The standard InChI is InChI=1S/C6H19N4P/c1-7-11(8-2,9(3)4)10(5)6/h7H,1-6H3. The largest absolute Gasteiger partial charge is 0.264 e. The van der Waals surface area contributed by atoms with E-state index in [1.165, 1.54) is 0 Å². The monoisotopic (exact) mass is 178 g/mol. The van der Waals surface area contributed by atoms with Crippen molar-refractivity contribution in [2.75, 3.05) is 42.3 Å². The van der Waals surface area contributed by atoms with Crippen molar-refractivity contribution >= 4 is 7.51 Å². The van der Waals surface area contributed by atoms with Crippen molar-refractivity contribution in [1.82, 2.24) is 14.4 Å². The Morgan fingerprint density at radius 2 is 1.45 bits per heavy atom. The Morgan fingerprint density at radius 3 is 1.45 bits per heavy atom. The van der Waals surface area contributed by atoms with E-state index in [9.17, 15) is 0 Å². The van der Waals surface area contributed by atoms with Gasteiger partial charge in [-0.15, -0.1) is 0 Å². The minimum atomic E-state index is -1.56. The molecule has 0 aliphatic carbocycles. The summed E-state index contributed by atoms with van der Waals surface area (Å²) < 4.78 is 8.65. The normalized spacial score (nSPS) is 12.7. The lowest BCUT2D eigenvalue weighted by molar-refractivity contribution is 0.547. The molecule has 1 N–H and O–H groups in total. The van der Waals surface area contributed by atoms with Crippen LogP contribution in [0.25, 0.3) is 0 Å². The molecule has 0 radical (unpaired) electrons. The summed E-state index contributed by atoms with van der Waals surface area (Å²) in [6.07, 6.45) is 0. The zero-order chi connectivity index (χ0) is 9.07. The number of nitrogens with one attached hydrogen (secondary N) is 1. The van der Waals surface area contributed by atoms with E-state index in [0.29, 0.717) is 0 Å². The predicted molar refractivity (Wildman–Crippen MR) is 51.7 cm³/mol. The molecular formula is C6H19N4P. The third-order valence-corrected chi connectivity index (χ3v) is 5.08. The summed E-state index contributed by atoms with van der Waals surface area (Å²) in [5.41, 5.74) is 0. The molecule has 0 aromatic heterocycles. The van der Waals surface area contributed by atoms with Gasteiger partial charge in [0.15, 0.2) is 7.51 Å². The molecule has 0 saturated heterocycles. The summed E-state index contributed by atoms with van der Waals surface area (Å²) in [6, 6.07) is 0. The SMILES string of the molecule is CN=P(NC)(N(C)C)N(C)C. The number of rotatable bonds is 3. The van der Waals surface area contributed by atoms with Crippen LogP contribution in [-0.4, -0.2) is 51.6 Å². The molecule has 0 unspecified atom stereocenters. The average molecular weight is 178 g/mol. The minimum absolute atomic E-state index is 1.56. The lowest BCUT2D eigenvalue weighted by Gasteiger charge is -2.35. The van der Waals surface area contributed by atoms with Crippen molar-refractivity contribution in [2.24, 2.45) is 4.74 Å². The van der Waals surface area contributed by atoms with E-state index in [1.807, 2.05) is 42.3 Å². The molecule has 11 heavy (non-hydrogen) atoms. The van der Waals surface area contributed by atoms with Crippen LogP contribution in [0.2, 0.25) is 0 Å². The van der Waals surface area contributed by atoms with Gasteiger partial charge < -0.3 is 0 Å². The van der Waals surface area contributed by atoms with Gasteiger partial charge in [-0.1, -0.05) is 0 Å². The molecule has 0 heterocycles. The summed E-state index contributed by atoms with van der Waals surface area (Å²) in [4.78, 5) is 0. The van der Waals surface area contributed by atoms with Crippen LogP contribution < -0.4 is 5.09 Å². The van der Waals surface area contributed by atoms with Crippen LogP contribution in [0.5, 0.6) is 0 Å². The van der Waals surface area contributed by atoms with Gasteiger partial charge in [0, 0.05) is 7.05 Å². The fourth-order valence-corrected chi connectivity index (χ4v) is 3.65. The van der Waals surface area contributed by atoms with E-state index < -0.39 is 7.51 Å². The number of hydrogen-bond acceptors (Lipinski definition) is 1. The van der Waals surface area contributed by atoms with Gasteiger partial charge in [-0.25, -0.2) is 0 Å². The lowest BCUT2D eigenvalue weighted by atomic mass is 11.3. The van der Waals surface area contributed by atoms with Crippen LogP contribution in [0.3, 0.4) is 0 Å². The molecule has 0 aromatic carbocycles. The fraction of sp³-hybridized carbons (Fsp3) is 1.00. The zero-order valence-corrected chi connectivity index (χ0v) is 9.18. The first-order valence-electron chi connectivity index (χ1n) is 3.56. The molecule has 4 nitrogen and oxygen atoms in total. The van der Waals surface area contributed by atoms with Crippen molar-refractivity contribution < 1.29 is 0 Å². The first kappa shape index (κ1) is 11.1. The molecule has 0 atom stereocenters. The van der Waals surface area contributed by atoms with Gasteiger partial charge in [-0.3, -0.25) is 19.2 Å². The molecule has 0 rings (SSSR count). The van der Waals surface area contributed by atoms with E-state index >= 15 is 0 Å². The Hall–Kier alpha value is 0.110. The van der Waals surface area contributed by atoms with Crippen LogP contribution in [0.15, 0.2) is 4.74 Å². The average Bonchev–Trinajstić information content (AvgIpc) is 1.90. The zero-order valence-electron chi connectivity index (χ0n) is 8.29. The van der Waals surface area contributed by atoms with Crippen LogP contribution in [0, 0.1) is 0 Å². The van der Waals surface area contributed by atoms with E-state index in [0.717, 1.165) is 0 Å². The Morgan fingerprint density at radius 1 is 1.09 bits per heavy atom. The highest BCUT2D eigenvalue weighted by Crippen LogP contribution is 2.47. The second kappa shape index (κ2) is 4.21. The molecule has 0 fully saturated rings. The lowest BCUT2D eigenvalue weighted by Crippen LogP contribution is -2.29. The third-order valence-electron chi connectivity index (χ3n) is 1.69. The van der Waals surface area contributed by atoms with Gasteiger partial charge in [-0.05, 0) is 35.2 Å². The molecule has 5 heteroatoms. The third kappa shape index (κ3) is 2.03. The molecule has 0 saturated carbocycles. The maximum atomic E-state index is 4.39. The first-order valence-corrected chi connectivity index (χ1v) is 5.21. The number of hydrogen-bond donors (Lipinski definition) is 1. The maximum absolute atomic E-state index is 4.39. The highest BCUT2D eigenvalue weighted by Gasteiger charge is 2.21. The molecule has 0 spiro atoms. The summed E-state index contributed by atoms with van der Waals surface area (Å²) >= 11 is 0. The van der Waals surface area contributed by atoms with E-state index in [1.54, 1.807) is 0 Å². The van der Waals surface area contributed by atoms with Crippen molar-refractivity contribution in [1.29, 1.82) is 0 Å². The first-order chi connectivity index (χ1) is 5.01. The van der Waals surface area contributed by atoms with Gasteiger partial charge >= 0.3 is 0 Å². The summed E-state index contributed by atoms with van der Waals surface area (Å²) in [6.45, 7) is 0. The van der Waals surface area contributed by atoms with Crippen LogP contribution in [-0.2, 0) is 0 Å². The highest BCUT2D eigenvalue weighted by atomic mass is 31.2. The van der Waals surface area contributed by atoms with Gasteiger partial charge in [-0.2, -0.15) is 0 Å². The van der Waals surface area contributed by atoms with Crippen molar-refractivity contribution in [3.63, 3.8) is 0 Å². The van der Waals surface area contributed by atoms with Crippen LogP contribution >= 0.6 is 7.51 Å². The second-order valence-electron chi connectivity index (χ2n) is 2.69. The second-order valence-corrected chi connectivity index (χ2v) is 6.27. The predicted octanol–water partition coefficient (Wildman–Crippen LogP) is 0.905. The van der Waals surface area contributed by atoms with E-state index in [4.69, 9.17) is 0 Å². The van der Waals surface area contributed by atoms with Crippen molar-refractivity contribution in [3.8, 4) is 0 Å². The smallest absolute Gasteiger partial charge is 0.163 e. The molecule has 0 amide bonds. The topological polar surface area (TPSA) is 30.9 Å². The minimum Gasteiger partial charge on any atom is -0.264 e. The van der Waals surface area contributed by atoms with Crippen LogP contribution in [0.1, 0.15) is 0 Å². The van der Waals surface area contributed by atoms with E-state index in [2.05, 4.69) is 19.2 Å². The van der Waals surface area contributed by atoms with Gasteiger partial charge in [0.25, 0.3) is 0 Å². The summed E-state index contributed by atoms with van der Waals surface area (Å²) in [7, 11) is 10.4. The Kier molecular flexibility index (Phi) is 4.26. The molecule has 0 bridgehead atoms. The Balaban J connectivity index is 4.79. The van der Waals surface area contributed by atoms with Gasteiger partial charge in [0.05, 0.1) is 0 Å². The Labute approximate surface area is 69.8 Å².